The van der Waals surface area contributed by atoms with E-state index in [1.807, 2.05) is 0 Å². The Balaban J connectivity index is 1.42. The lowest BCUT2D eigenvalue weighted by molar-refractivity contribution is 0.276. The van der Waals surface area contributed by atoms with Crippen LogP contribution < -0.4 is 5.32 Å². The fraction of sp³-hybridized carbons (Fsp3) is 0.625. The van der Waals surface area contributed by atoms with Crippen molar-refractivity contribution in [2.24, 2.45) is 5.92 Å². The van der Waals surface area contributed by atoms with Crippen LogP contribution in [0.1, 0.15) is 50.0 Å². The van der Waals surface area contributed by atoms with Crippen LogP contribution in [0.4, 0.5) is 0 Å². The molecule has 0 radical (unpaired) electrons. The summed E-state index contributed by atoms with van der Waals surface area (Å²) in [6.45, 7) is 1.26. The van der Waals surface area contributed by atoms with Gasteiger partial charge >= 0.3 is 0 Å². The SMILES string of the molecule is Brc1cccc(C2CC(NCC3CCCC3)C2)c1. The summed E-state index contributed by atoms with van der Waals surface area (Å²) in [7, 11) is 0. The van der Waals surface area contributed by atoms with Crippen molar-refractivity contribution < 1.29 is 0 Å². The van der Waals surface area contributed by atoms with Gasteiger partial charge in [0.15, 0.2) is 0 Å². The van der Waals surface area contributed by atoms with Crippen molar-refractivity contribution in [2.45, 2.75) is 50.5 Å². The highest BCUT2D eigenvalue weighted by Gasteiger charge is 2.30. The molecule has 1 aromatic carbocycles. The third-order valence-electron chi connectivity index (χ3n) is 4.63. The fourth-order valence-electron chi connectivity index (χ4n) is 3.37. The second-order valence-corrected chi connectivity index (χ2v) is 6.89. The standard InChI is InChI=1S/C16H22BrN/c17-15-7-3-6-13(8-15)14-9-16(10-14)18-11-12-4-1-2-5-12/h3,6-8,12,14,16,18H,1-2,4-5,9-11H2. The summed E-state index contributed by atoms with van der Waals surface area (Å²) in [5.74, 6) is 1.75. The summed E-state index contributed by atoms with van der Waals surface area (Å²) in [6.07, 6.45) is 8.46. The topological polar surface area (TPSA) is 12.0 Å². The van der Waals surface area contributed by atoms with Gasteiger partial charge in [-0.3, -0.25) is 0 Å². The molecule has 3 rings (SSSR count). The normalized spacial score (nSPS) is 28.3. The molecule has 2 aliphatic rings. The van der Waals surface area contributed by atoms with E-state index in [-0.39, 0.29) is 0 Å². The number of benzene rings is 1. The highest BCUT2D eigenvalue weighted by Crippen LogP contribution is 2.38. The minimum absolute atomic E-state index is 0.773. The van der Waals surface area contributed by atoms with Crippen molar-refractivity contribution >= 4 is 15.9 Å². The van der Waals surface area contributed by atoms with E-state index in [2.05, 4.69) is 45.5 Å². The lowest BCUT2D eigenvalue weighted by atomic mass is 9.76. The van der Waals surface area contributed by atoms with Crippen LogP contribution in [0, 0.1) is 5.92 Å². The first kappa shape index (κ1) is 12.7. The lowest BCUT2D eigenvalue weighted by Gasteiger charge is -2.37. The van der Waals surface area contributed by atoms with Crippen LogP contribution in [0.3, 0.4) is 0 Å². The molecule has 0 aromatic heterocycles. The van der Waals surface area contributed by atoms with Gasteiger partial charge in [-0.1, -0.05) is 40.9 Å². The van der Waals surface area contributed by atoms with Crippen LogP contribution in [0.5, 0.6) is 0 Å². The highest BCUT2D eigenvalue weighted by atomic mass is 79.9. The summed E-state index contributed by atoms with van der Waals surface area (Å²) >= 11 is 3.56. The van der Waals surface area contributed by atoms with Gasteiger partial charge in [-0.25, -0.2) is 0 Å². The number of halogens is 1. The van der Waals surface area contributed by atoms with E-state index in [1.165, 1.54) is 55.1 Å². The minimum atomic E-state index is 0.773. The Kier molecular flexibility index (Phi) is 4.05. The molecular weight excluding hydrogens is 286 g/mol. The summed E-state index contributed by atoms with van der Waals surface area (Å²) in [4.78, 5) is 0. The molecule has 1 N–H and O–H groups in total. The molecule has 2 aliphatic carbocycles. The van der Waals surface area contributed by atoms with Crippen LogP contribution >= 0.6 is 15.9 Å². The van der Waals surface area contributed by atoms with E-state index >= 15 is 0 Å². The predicted octanol–water partition coefficient (Wildman–Crippen LogP) is 4.47. The first-order chi connectivity index (χ1) is 8.81. The molecule has 18 heavy (non-hydrogen) atoms. The van der Waals surface area contributed by atoms with Gasteiger partial charge in [-0.05, 0) is 61.8 Å². The van der Waals surface area contributed by atoms with E-state index in [1.54, 1.807) is 0 Å². The average Bonchev–Trinajstić information content (AvgIpc) is 2.80. The Morgan fingerprint density at radius 1 is 1.17 bits per heavy atom. The first-order valence-corrected chi connectivity index (χ1v) is 8.09. The van der Waals surface area contributed by atoms with Gasteiger partial charge in [0.25, 0.3) is 0 Å². The van der Waals surface area contributed by atoms with Gasteiger partial charge in [0.1, 0.15) is 0 Å². The number of hydrogen-bond donors (Lipinski definition) is 1. The van der Waals surface area contributed by atoms with Gasteiger partial charge in [-0.15, -0.1) is 0 Å². The van der Waals surface area contributed by atoms with Crippen molar-refractivity contribution in [3.8, 4) is 0 Å². The largest absolute Gasteiger partial charge is 0.314 e. The van der Waals surface area contributed by atoms with Crippen LogP contribution in [-0.4, -0.2) is 12.6 Å². The maximum absolute atomic E-state index is 3.76. The zero-order valence-corrected chi connectivity index (χ0v) is 12.5. The van der Waals surface area contributed by atoms with Crippen LogP contribution in [-0.2, 0) is 0 Å². The molecule has 2 fully saturated rings. The van der Waals surface area contributed by atoms with Gasteiger partial charge in [0.05, 0.1) is 0 Å². The molecule has 0 heterocycles. The van der Waals surface area contributed by atoms with E-state index in [4.69, 9.17) is 0 Å². The van der Waals surface area contributed by atoms with Gasteiger partial charge in [0, 0.05) is 10.5 Å². The number of nitrogens with one attached hydrogen (secondary N) is 1. The molecule has 98 valence electrons. The monoisotopic (exact) mass is 307 g/mol. The summed E-state index contributed by atoms with van der Waals surface area (Å²) in [5.41, 5.74) is 1.50. The maximum atomic E-state index is 3.76. The Bertz CT molecular complexity index is 392. The molecular formula is C16H22BrN. The second-order valence-electron chi connectivity index (χ2n) is 5.98. The molecule has 0 amide bonds. The minimum Gasteiger partial charge on any atom is -0.314 e. The van der Waals surface area contributed by atoms with E-state index < -0.39 is 0 Å². The maximum Gasteiger partial charge on any atom is 0.0178 e. The molecule has 2 saturated carbocycles. The van der Waals surface area contributed by atoms with Gasteiger partial charge in [-0.2, -0.15) is 0 Å². The third-order valence-corrected chi connectivity index (χ3v) is 5.12. The average molecular weight is 308 g/mol. The lowest BCUT2D eigenvalue weighted by Crippen LogP contribution is -2.41. The molecule has 0 saturated heterocycles. The molecule has 0 bridgehead atoms. The molecule has 1 nitrogen and oxygen atoms in total. The molecule has 0 aliphatic heterocycles. The molecule has 2 heteroatoms. The van der Waals surface area contributed by atoms with Gasteiger partial charge in [0.2, 0.25) is 0 Å². The summed E-state index contributed by atoms with van der Waals surface area (Å²) in [6, 6.07) is 9.58. The quantitative estimate of drug-likeness (QED) is 0.865. The van der Waals surface area contributed by atoms with Crippen molar-refractivity contribution in [3.05, 3.63) is 34.3 Å². The second kappa shape index (κ2) is 5.75. The van der Waals surface area contributed by atoms with Gasteiger partial charge < -0.3 is 5.32 Å². The third kappa shape index (κ3) is 2.97. The Labute approximate surface area is 118 Å². The zero-order valence-electron chi connectivity index (χ0n) is 10.9. The van der Waals surface area contributed by atoms with Crippen molar-refractivity contribution in [1.82, 2.24) is 5.32 Å². The number of hydrogen-bond acceptors (Lipinski definition) is 1. The molecule has 1 aromatic rings. The molecule has 0 unspecified atom stereocenters. The van der Waals surface area contributed by atoms with E-state index in [9.17, 15) is 0 Å². The van der Waals surface area contributed by atoms with Crippen molar-refractivity contribution in [2.75, 3.05) is 6.54 Å². The van der Waals surface area contributed by atoms with Crippen molar-refractivity contribution in [3.63, 3.8) is 0 Å². The molecule has 0 spiro atoms. The summed E-state index contributed by atoms with van der Waals surface area (Å²) < 4.78 is 1.21. The fourth-order valence-corrected chi connectivity index (χ4v) is 3.78. The van der Waals surface area contributed by atoms with Crippen LogP contribution in [0.2, 0.25) is 0 Å². The van der Waals surface area contributed by atoms with Crippen molar-refractivity contribution in [1.29, 1.82) is 0 Å². The summed E-state index contributed by atoms with van der Waals surface area (Å²) in [5, 5.41) is 3.76. The smallest absolute Gasteiger partial charge is 0.0178 e. The molecule has 0 atom stereocenters. The highest BCUT2D eigenvalue weighted by molar-refractivity contribution is 9.10. The number of rotatable bonds is 4. The van der Waals surface area contributed by atoms with Crippen LogP contribution in [0.15, 0.2) is 28.7 Å². The van der Waals surface area contributed by atoms with Crippen LogP contribution in [0.25, 0.3) is 0 Å². The van der Waals surface area contributed by atoms with E-state index in [0.29, 0.717) is 0 Å². The zero-order chi connectivity index (χ0) is 12.4. The van der Waals surface area contributed by atoms with E-state index in [0.717, 1.165) is 17.9 Å². The predicted molar refractivity (Wildman–Crippen MR) is 79.9 cm³/mol. The Hall–Kier alpha value is -0.340. The Morgan fingerprint density at radius 3 is 2.67 bits per heavy atom. The Morgan fingerprint density at radius 2 is 1.94 bits per heavy atom. The first-order valence-electron chi connectivity index (χ1n) is 7.30.